The summed E-state index contributed by atoms with van der Waals surface area (Å²) in [5, 5.41) is 8.81. The minimum Gasteiger partial charge on any atom is -0.379 e. The van der Waals surface area contributed by atoms with Gasteiger partial charge >= 0.3 is 0 Å². The maximum Gasteiger partial charge on any atom is 0.230 e. The fourth-order valence-electron chi connectivity index (χ4n) is 3.03. The lowest BCUT2D eigenvalue weighted by molar-refractivity contribution is -0.147. The fraction of sp³-hybridized carbons (Fsp3) is 0.867. The Hall–Kier alpha value is -1.16. The number of nitrogens with two attached hydrogens (primary N) is 1. The minimum atomic E-state index is -0.347. The van der Waals surface area contributed by atoms with E-state index in [9.17, 15) is 4.79 Å². The monoisotopic (exact) mass is 294 g/mol. The molecule has 0 aromatic carbocycles. The number of carbonyl (C=O) groups excluding carboxylic acids is 1. The van der Waals surface area contributed by atoms with Crippen molar-refractivity contribution in [1.29, 1.82) is 5.26 Å². The van der Waals surface area contributed by atoms with E-state index >= 15 is 0 Å². The van der Waals surface area contributed by atoms with Gasteiger partial charge in [0.25, 0.3) is 0 Å². The van der Waals surface area contributed by atoms with Crippen molar-refractivity contribution >= 4 is 5.91 Å². The molecule has 1 saturated carbocycles. The summed E-state index contributed by atoms with van der Waals surface area (Å²) in [5.41, 5.74) is 5.49. The average Bonchev–Trinajstić information content (AvgIpc) is 2.48. The van der Waals surface area contributed by atoms with E-state index in [1.54, 1.807) is 0 Å². The molecule has 0 unspecified atom stereocenters. The van der Waals surface area contributed by atoms with Crippen molar-refractivity contribution in [3.63, 3.8) is 0 Å². The van der Waals surface area contributed by atoms with Gasteiger partial charge in [0.05, 0.1) is 31.1 Å². The lowest BCUT2D eigenvalue weighted by Gasteiger charge is -2.43. The van der Waals surface area contributed by atoms with Crippen molar-refractivity contribution in [2.24, 2.45) is 11.1 Å². The SMILES string of the molecule is N#CCCN(CCN1CCOCC1)C(=O)C1(CN)CCC1. The molecular weight excluding hydrogens is 268 g/mol. The van der Waals surface area contributed by atoms with Crippen LogP contribution in [-0.4, -0.2) is 68.2 Å². The molecule has 1 heterocycles. The van der Waals surface area contributed by atoms with Crippen molar-refractivity contribution < 1.29 is 9.53 Å². The molecule has 21 heavy (non-hydrogen) atoms. The number of amides is 1. The molecule has 0 aromatic rings. The van der Waals surface area contributed by atoms with Gasteiger partial charge in [-0.05, 0) is 12.8 Å². The van der Waals surface area contributed by atoms with E-state index in [4.69, 9.17) is 15.7 Å². The van der Waals surface area contributed by atoms with E-state index in [1.165, 1.54) is 0 Å². The molecule has 0 bridgehead atoms. The molecule has 2 rings (SSSR count). The zero-order chi connectivity index (χ0) is 15.1. The molecule has 2 aliphatic rings. The Balaban J connectivity index is 1.90. The van der Waals surface area contributed by atoms with Crippen LogP contribution in [0.4, 0.5) is 0 Å². The van der Waals surface area contributed by atoms with Crippen molar-refractivity contribution in [3.05, 3.63) is 0 Å². The van der Waals surface area contributed by atoms with Gasteiger partial charge in [0.2, 0.25) is 5.91 Å². The van der Waals surface area contributed by atoms with Crippen molar-refractivity contribution in [2.75, 3.05) is 52.5 Å². The predicted molar refractivity (Wildman–Crippen MR) is 79.4 cm³/mol. The van der Waals surface area contributed by atoms with E-state index in [0.29, 0.717) is 26.1 Å². The molecule has 6 nitrogen and oxygen atoms in total. The van der Waals surface area contributed by atoms with E-state index in [-0.39, 0.29) is 11.3 Å². The first-order valence-electron chi connectivity index (χ1n) is 7.88. The van der Waals surface area contributed by atoms with Gasteiger partial charge in [0.15, 0.2) is 0 Å². The zero-order valence-electron chi connectivity index (χ0n) is 12.7. The van der Waals surface area contributed by atoms with Gasteiger partial charge in [-0.3, -0.25) is 9.69 Å². The first kappa shape index (κ1) is 16.2. The van der Waals surface area contributed by atoms with Crippen molar-refractivity contribution in [2.45, 2.75) is 25.7 Å². The number of hydrogen-bond acceptors (Lipinski definition) is 5. The van der Waals surface area contributed by atoms with Crippen LogP contribution < -0.4 is 5.73 Å². The Bertz CT molecular complexity index is 378. The Morgan fingerprint density at radius 3 is 2.57 bits per heavy atom. The predicted octanol–water partition coefficient (Wildman–Crippen LogP) is 0.190. The highest BCUT2D eigenvalue weighted by molar-refractivity contribution is 5.84. The quantitative estimate of drug-likeness (QED) is 0.725. The highest BCUT2D eigenvalue weighted by atomic mass is 16.5. The molecule has 0 atom stereocenters. The topological polar surface area (TPSA) is 82.6 Å². The third kappa shape index (κ3) is 3.94. The number of hydrogen-bond donors (Lipinski definition) is 1. The second-order valence-corrected chi connectivity index (χ2v) is 5.99. The van der Waals surface area contributed by atoms with Crippen LogP contribution in [0.1, 0.15) is 25.7 Å². The van der Waals surface area contributed by atoms with Gasteiger partial charge in [0, 0.05) is 39.3 Å². The van der Waals surface area contributed by atoms with Crippen LogP contribution in [0.3, 0.4) is 0 Å². The summed E-state index contributed by atoms with van der Waals surface area (Å²) in [6.45, 7) is 5.83. The van der Waals surface area contributed by atoms with Crippen LogP contribution in [0.25, 0.3) is 0 Å². The Labute approximate surface area is 126 Å². The molecule has 6 heteroatoms. The number of morpholine rings is 1. The van der Waals surface area contributed by atoms with Gasteiger partial charge in [-0.25, -0.2) is 0 Å². The molecule has 0 spiro atoms. The van der Waals surface area contributed by atoms with Gasteiger partial charge in [-0.1, -0.05) is 6.42 Å². The highest BCUT2D eigenvalue weighted by Crippen LogP contribution is 2.41. The van der Waals surface area contributed by atoms with Crippen LogP contribution in [0, 0.1) is 16.7 Å². The lowest BCUT2D eigenvalue weighted by atomic mass is 9.68. The summed E-state index contributed by atoms with van der Waals surface area (Å²) in [4.78, 5) is 16.9. The fourth-order valence-corrected chi connectivity index (χ4v) is 3.03. The van der Waals surface area contributed by atoms with Gasteiger partial charge in [0.1, 0.15) is 0 Å². The maximum atomic E-state index is 12.8. The van der Waals surface area contributed by atoms with Gasteiger partial charge in [-0.2, -0.15) is 5.26 Å². The second kappa shape index (κ2) is 7.74. The first-order valence-corrected chi connectivity index (χ1v) is 7.88. The summed E-state index contributed by atoms with van der Waals surface area (Å²) in [6, 6.07) is 2.14. The molecule has 2 N–H and O–H groups in total. The third-order valence-corrected chi connectivity index (χ3v) is 4.73. The van der Waals surface area contributed by atoms with E-state index in [0.717, 1.165) is 52.1 Å². The van der Waals surface area contributed by atoms with Crippen molar-refractivity contribution in [3.8, 4) is 6.07 Å². The van der Waals surface area contributed by atoms with Crippen LogP contribution in [0.15, 0.2) is 0 Å². The minimum absolute atomic E-state index is 0.153. The number of rotatable bonds is 7. The standard InChI is InChI=1S/C15H26N4O2/c16-5-2-6-19(8-7-18-9-11-21-12-10-18)14(20)15(13-17)3-1-4-15/h1-4,6-13,17H2. The molecule has 0 aromatic heterocycles. The van der Waals surface area contributed by atoms with E-state index in [2.05, 4.69) is 11.0 Å². The van der Waals surface area contributed by atoms with Gasteiger partial charge in [-0.15, -0.1) is 0 Å². The molecule has 118 valence electrons. The molecule has 0 radical (unpaired) electrons. The first-order chi connectivity index (χ1) is 10.2. The molecule has 1 aliphatic heterocycles. The normalized spacial score (nSPS) is 21.3. The Morgan fingerprint density at radius 2 is 2.05 bits per heavy atom. The summed E-state index contributed by atoms with van der Waals surface area (Å²) in [7, 11) is 0. The smallest absolute Gasteiger partial charge is 0.230 e. The molecule has 1 aliphatic carbocycles. The number of nitrogens with zero attached hydrogens (tertiary/aromatic N) is 3. The summed E-state index contributed by atoms with van der Waals surface area (Å²) in [6.07, 6.45) is 3.25. The number of ether oxygens (including phenoxy) is 1. The van der Waals surface area contributed by atoms with Crippen LogP contribution in [0.2, 0.25) is 0 Å². The molecule has 1 amide bonds. The maximum absolute atomic E-state index is 12.8. The second-order valence-electron chi connectivity index (χ2n) is 5.99. The largest absolute Gasteiger partial charge is 0.379 e. The zero-order valence-corrected chi connectivity index (χ0v) is 12.7. The van der Waals surface area contributed by atoms with Gasteiger partial charge < -0.3 is 15.4 Å². The highest BCUT2D eigenvalue weighted by Gasteiger charge is 2.44. The molecular formula is C15H26N4O2. The van der Waals surface area contributed by atoms with E-state index < -0.39 is 0 Å². The van der Waals surface area contributed by atoms with E-state index in [1.807, 2.05) is 4.90 Å². The van der Waals surface area contributed by atoms with Crippen LogP contribution >= 0.6 is 0 Å². The average molecular weight is 294 g/mol. The third-order valence-electron chi connectivity index (χ3n) is 4.73. The number of nitriles is 1. The Kier molecular flexibility index (Phi) is 5.97. The molecule has 1 saturated heterocycles. The summed E-state index contributed by atoms with van der Waals surface area (Å²) in [5.74, 6) is 0.153. The number of carbonyl (C=O) groups is 1. The van der Waals surface area contributed by atoms with Crippen LogP contribution in [0.5, 0.6) is 0 Å². The molecule has 2 fully saturated rings. The van der Waals surface area contributed by atoms with Crippen LogP contribution in [-0.2, 0) is 9.53 Å². The van der Waals surface area contributed by atoms with Crippen molar-refractivity contribution in [1.82, 2.24) is 9.80 Å². The Morgan fingerprint density at radius 1 is 1.33 bits per heavy atom. The summed E-state index contributed by atoms with van der Waals surface area (Å²) < 4.78 is 5.34. The summed E-state index contributed by atoms with van der Waals surface area (Å²) >= 11 is 0. The lowest BCUT2D eigenvalue weighted by Crippen LogP contribution is -2.53.